The van der Waals surface area contributed by atoms with Gasteiger partial charge < -0.3 is 10.6 Å². The molecule has 0 spiro atoms. The van der Waals surface area contributed by atoms with Crippen molar-refractivity contribution in [2.24, 2.45) is 0 Å². The molecule has 0 unspecified atom stereocenters. The summed E-state index contributed by atoms with van der Waals surface area (Å²) in [7, 11) is 0. The van der Waals surface area contributed by atoms with E-state index in [1.165, 1.54) is 18.0 Å². The number of carbonyl (C=O) groups is 1. The third kappa shape index (κ3) is 2.61. The molecule has 4 rings (SSSR count). The number of fused-ring (bicyclic) bond motifs is 1. The predicted molar refractivity (Wildman–Crippen MR) is 100 cm³/mol. The van der Waals surface area contributed by atoms with E-state index in [1.807, 2.05) is 35.9 Å². The first-order valence-electron chi connectivity index (χ1n) is 8.55. The van der Waals surface area contributed by atoms with E-state index in [0.717, 1.165) is 23.1 Å². The topological polar surface area (TPSA) is 89.9 Å². The number of aryl methyl sites for hydroxylation is 1. The second-order valence-corrected chi connectivity index (χ2v) is 6.55. The lowest BCUT2D eigenvalue weighted by Gasteiger charge is -2.14. The van der Waals surface area contributed by atoms with Crippen molar-refractivity contribution in [3.63, 3.8) is 0 Å². The van der Waals surface area contributed by atoms with E-state index >= 15 is 0 Å². The summed E-state index contributed by atoms with van der Waals surface area (Å²) < 4.78 is 1.89. The summed E-state index contributed by atoms with van der Waals surface area (Å²) in [4.78, 5) is 22.2. The molecule has 0 radical (unpaired) electrons. The minimum Gasteiger partial charge on any atom is -0.383 e. The highest BCUT2D eigenvalue weighted by Crippen LogP contribution is 2.33. The Hall–Kier alpha value is -3.22. The summed E-state index contributed by atoms with van der Waals surface area (Å²) >= 11 is 0. The molecular weight excluding hydrogens is 328 g/mol. The fraction of sp³-hybridized carbons (Fsp3) is 0.263. The highest BCUT2D eigenvalue weighted by molar-refractivity contribution is 5.98. The number of likely N-dealkylation sites (tertiary alicyclic amines) is 1. The van der Waals surface area contributed by atoms with Crippen molar-refractivity contribution in [2.75, 3.05) is 18.8 Å². The van der Waals surface area contributed by atoms with Gasteiger partial charge in [-0.1, -0.05) is 36.4 Å². The monoisotopic (exact) mass is 348 g/mol. The molecule has 0 aliphatic carbocycles. The second kappa shape index (κ2) is 6.25. The molecule has 1 amide bonds. The van der Waals surface area contributed by atoms with E-state index in [2.05, 4.69) is 16.5 Å². The van der Waals surface area contributed by atoms with Crippen molar-refractivity contribution < 1.29 is 4.79 Å². The number of aromatic nitrogens is 4. The zero-order valence-corrected chi connectivity index (χ0v) is 14.6. The molecule has 1 fully saturated rings. The van der Waals surface area contributed by atoms with Crippen molar-refractivity contribution in [3.8, 4) is 11.3 Å². The van der Waals surface area contributed by atoms with Crippen LogP contribution in [0.1, 0.15) is 18.0 Å². The first kappa shape index (κ1) is 16.3. The number of benzene rings is 1. The fourth-order valence-electron chi connectivity index (χ4n) is 3.43. The van der Waals surface area contributed by atoms with Gasteiger partial charge in [0.1, 0.15) is 17.8 Å². The lowest BCUT2D eigenvalue weighted by molar-refractivity contribution is -0.125. The van der Waals surface area contributed by atoms with Gasteiger partial charge in [-0.25, -0.2) is 14.6 Å². The normalized spacial score (nSPS) is 17.0. The third-order valence-electron chi connectivity index (χ3n) is 4.84. The Morgan fingerprint density at radius 1 is 1.31 bits per heavy atom. The third-order valence-corrected chi connectivity index (χ3v) is 4.84. The Labute approximate surface area is 151 Å². The van der Waals surface area contributed by atoms with Crippen molar-refractivity contribution in [2.45, 2.75) is 19.4 Å². The molecule has 1 aromatic carbocycles. The SMILES string of the molecule is C=CC(=O)N1CC[C@@H](n2nc(-c3ccc(C)cc3)c3c(N)ncnc32)C1. The van der Waals surface area contributed by atoms with Gasteiger partial charge in [-0.3, -0.25) is 4.79 Å². The molecule has 7 nitrogen and oxygen atoms in total. The fourth-order valence-corrected chi connectivity index (χ4v) is 3.43. The van der Waals surface area contributed by atoms with Crippen LogP contribution in [0.25, 0.3) is 22.3 Å². The van der Waals surface area contributed by atoms with Crippen LogP contribution >= 0.6 is 0 Å². The summed E-state index contributed by atoms with van der Waals surface area (Å²) in [6.45, 7) is 6.87. The van der Waals surface area contributed by atoms with Crippen LogP contribution in [0.3, 0.4) is 0 Å². The van der Waals surface area contributed by atoms with Gasteiger partial charge in [0.2, 0.25) is 5.91 Å². The van der Waals surface area contributed by atoms with E-state index in [9.17, 15) is 4.79 Å². The van der Waals surface area contributed by atoms with E-state index < -0.39 is 0 Å². The maximum absolute atomic E-state index is 11.9. The van der Waals surface area contributed by atoms with Crippen LogP contribution in [0.4, 0.5) is 5.82 Å². The standard InChI is InChI=1S/C19H20N6O/c1-3-15(26)24-9-8-14(10-24)25-19-16(18(20)21-11-22-19)17(23-25)13-6-4-12(2)5-7-13/h3-7,11,14H,1,8-10H2,2H3,(H2,20,21,22)/t14-/m1/s1. The van der Waals surface area contributed by atoms with Gasteiger partial charge in [-0.2, -0.15) is 5.10 Å². The minimum atomic E-state index is -0.0585. The van der Waals surface area contributed by atoms with E-state index in [0.29, 0.717) is 24.6 Å². The van der Waals surface area contributed by atoms with Gasteiger partial charge in [0, 0.05) is 18.7 Å². The first-order chi connectivity index (χ1) is 12.6. The average molecular weight is 348 g/mol. The van der Waals surface area contributed by atoms with Gasteiger partial charge >= 0.3 is 0 Å². The quantitative estimate of drug-likeness (QED) is 0.734. The minimum absolute atomic E-state index is 0.0508. The first-order valence-corrected chi connectivity index (χ1v) is 8.55. The molecule has 1 aliphatic heterocycles. The van der Waals surface area contributed by atoms with Crippen LogP contribution in [0, 0.1) is 6.92 Å². The van der Waals surface area contributed by atoms with Crippen LogP contribution in [0.15, 0.2) is 43.2 Å². The summed E-state index contributed by atoms with van der Waals surface area (Å²) in [5, 5.41) is 5.58. The number of anilines is 1. The summed E-state index contributed by atoms with van der Waals surface area (Å²) in [5.41, 5.74) is 9.77. The van der Waals surface area contributed by atoms with Crippen molar-refractivity contribution >= 4 is 22.8 Å². The number of rotatable bonds is 3. The molecular formula is C19H20N6O. The molecule has 3 aromatic rings. The van der Waals surface area contributed by atoms with Crippen LogP contribution in [-0.4, -0.2) is 43.6 Å². The predicted octanol–water partition coefficient (Wildman–Crippen LogP) is 2.34. The summed E-state index contributed by atoms with van der Waals surface area (Å²) in [5.74, 6) is 0.353. The highest BCUT2D eigenvalue weighted by Gasteiger charge is 2.29. The van der Waals surface area contributed by atoms with Crippen LogP contribution in [-0.2, 0) is 4.79 Å². The Kier molecular flexibility index (Phi) is 3.91. The Morgan fingerprint density at radius 2 is 2.08 bits per heavy atom. The average Bonchev–Trinajstić information content (AvgIpc) is 3.27. The molecule has 26 heavy (non-hydrogen) atoms. The maximum atomic E-state index is 11.9. The molecule has 3 heterocycles. The van der Waals surface area contributed by atoms with Gasteiger partial charge in [0.25, 0.3) is 0 Å². The number of carbonyl (C=O) groups excluding carboxylic acids is 1. The van der Waals surface area contributed by atoms with Gasteiger partial charge in [0.05, 0.1) is 11.4 Å². The van der Waals surface area contributed by atoms with Crippen molar-refractivity contribution in [1.29, 1.82) is 0 Å². The van der Waals surface area contributed by atoms with Crippen molar-refractivity contribution in [3.05, 3.63) is 48.8 Å². The Bertz CT molecular complexity index is 991. The summed E-state index contributed by atoms with van der Waals surface area (Å²) in [6.07, 6.45) is 3.62. The number of amides is 1. The number of hydrogen-bond acceptors (Lipinski definition) is 5. The Morgan fingerprint density at radius 3 is 2.81 bits per heavy atom. The molecule has 1 atom stereocenters. The van der Waals surface area contributed by atoms with Crippen LogP contribution < -0.4 is 5.73 Å². The van der Waals surface area contributed by atoms with Crippen LogP contribution in [0.5, 0.6) is 0 Å². The number of hydrogen-bond donors (Lipinski definition) is 1. The molecule has 7 heteroatoms. The molecule has 1 aliphatic rings. The van der Waals surface area contributed by atoms with Gasteiger partial charge in [0.15, 0.2) is 5.65 Å². The maximum Gasteiger partial charge on any atom is 0.246 e. The number of nitrogens with two attached hydrogens (primary N) is 1. The van der Waals surface area contributed by atoms with Crippen LogP contribution in [0.2, 0.25) is 0 Å². The number of nitrogen functional groups attached to an aromatic ring is 1. The lowest BCUT2D eigenvalue weighted by Crippen LogP contribution is -2.27. The smallest absolute Gasteiger partial charge is 0.246 e. The number of nitrogens with zero attached hydrogens (tertiary/aromatic N) is 5. The lowest BCUT2D eigenvalue weighted by atomic mass is 10.1. The van der Waals surface area contributed by atoms with E-state index in [1.54, 1.807) is 4.90 Å². The molecule has 0 bridgehead atoms. The highest BCUT2D eigenvalue weighted by atomic mass is 16.2. The zero-order valence-electron chi connectivity index (χ0n) is 14.6. The molecule has 2 aromatic heterocycles. The van der Waals surface area contributed by atoms with Gasteiger partial charge in [-0.15, -0.1) is 0 Å². The van der Waals surface area contributed by atoms with Crippen molar-refractivity contribution in [1.82, 2.24) is 24.6 Å². The second-order valence-electron chi connectivity index (χ2n) is 6.55. The van der Waals surface area contributed by atoms with Gasteiger partial charge in [-0.05, 0) is 19.4 Å². The Balaban J connectivity index is 1.82. The zero-order chi connectivity index (χ0) is 18.3. The van der Waals surface area contributed by atoms with E-state index in [-0.39, 0.29) is 11.9 Å². The molecule has 1 saturated heterocycles. The molecule has 2 N–H and O–H groups in total. The van der Waals surface area contributed by atoms with E-state index in [4.69, 9.17) is 10.8 Å². The largest absolute Gasteiger partial charge is 0.383 e. The summed E-state index contributed by atoms with van der Waals surface area (Å²) in [6, 6.07) is 8.18. The molecule has 0 saturated carbocycles. The molecule has 132 valence electrons.